The van der Waals surface area contributed by atoms with E-state index in [-0.39, 0.29) is 18.3 Å². The highest BCUT2D eigenvalue weighted by Gasteiger charge is 2.20. The van der Waals surface area contributed by atoms with Crippen molar-refractivity contribution in [3.8, 4) is 28.7 Å². The first-order valence-corrected chi connectivity index (χ1v) is 15.6. The van der Waals surface area contributed by atoms with Gasteiger partial charge in [-0.15, -0.1) is 5.10 Å². The van der Waals surface area contributed by atoms with Gasteiger partial charge in [0.25, 0.3) is 5.56 Å². The lowest BCUT2D eigenvalue weighted by Gasteiger charge is -2.15. The number of hydrogen-bond acceptors (Lipinski definition) is 8. The van der Waals surface area contributed by atoms with Crippen molar-refractivity contribution >= 4 is 19.7 Å². The van der Waals surface area contributed by atoms with Gasteiger partial charge in [0.05, 0.1) is 6.20 Å². The van der Waals surface area contributed by atoms with Crippen LogP contribution in [0, 0.1) is 0 Å². The van der Waals surface area contributed by atoms with Gasteiger partial charge in [0.15, 0.2) is 11.6 Å². The van der Waals surface area contributed by atoms with Crippen molar-refractivity contribution in [2.45, 2.75) is 45.4 Å². The van der Waals surface area contributed by atoms with Crippen LogP contribution in [0.2, 0.25) is 30.7 Å². The molecule has 0 saturated carbocycles. The summed E-state index contributed by atoms with van der Waals surface area (Å²) in [4.78, 5) is 12.5. The minimum Gasteiger partial charge on any atom is -0.454 e. The van der Waals surface area contributed by atoms with Gasteiger partial charge in [0, 0.05) is 50.0 Å². The second-order valence-electron chi connectivity index (χ2n) is 9.68. The molecule has 3 heterocycles. The molecule has 0 unspecified atom stereocenters. The Hall–Kier alpha value is -3.28. The van der Waals surface area contributed by atoms with E-state index in [1.807, 2.05) is 19.1 Å². The summed E-state index contributed by atoms with van der Waals surface area (Å²) in [6, 6.07) is 11.9. The molecule has 12 heteroatoms. The van der Waals surface area contributed by atoms with E-state index in [0.29, 0.717) is 34.5 Å². The molecule has 3 aromatic heterocycles. The van der Waals surface area contributed by atoms with Crippen LogP contribution in [0.1, 0.15) is 18.7 Å². The summed E-state index contributed by atoms with van der Waals surface area (Å²) in [5.74, 6) is 1.03. The third kappa shape index (κ3) is 6.28. The molecule has 0 N–H and O–H groups in total. The van der Waals surface area contributed by atoms with E-state index in [9.17, 15) is 4.79 Å². The molecule has 0 saturated heterocycles. The third-order valence-electron chi connectivity index (χ3n) is 5.51. The van der Waals surface area contributed by atoms with Gasteiger partial charge >= 0.3 is 6.01 Å². The molecule has 1 atom stereocenters. The quantitative estimate of drug-likeness (QED) is 0.213. The fourth-order valence-corrected chi connectivity index (χ4v) is 4.27. The average molecular weight is 529 g/mol. The highest BCUT2D eigenvalue weighted by atomic mass is 35.5. The van der Waals surface area contributed by atoms with E-state index >= 15 is 0 Å². The Kier molecular flexibility index (Phi) is 7.72. The number of halogens is 1. The molecular weight excluding hydrogens is 500 g/mol. The molecule has 0 aliphatic rings. The van der Waals surface area contributed by atoms with Crippen LogP contribution in [-0.4, -0.2) is 44.4 Å². The number of hydrogen-bond donors (Lipinski definition) is 0. The van der Waals surface area contributed by atoms with Crippen molar-refractivity contribution in [3.05, 3.63) is 63.7 Å². The highest BCUT2D eigenvalue weighted by molar-refractivity contribution is 6.76. The zero-order valence-electron chi connectivity index (χ0n) is 20.9. The fraction of sp³-hybridized carbons (Fsp3) is 0.375. The molecule has 4 aromatic rings. The van der Waals surface area contributed by atoms with Gasteiger partial charge in [-0.25, -0.2) is 4.68 Å². The summed E-state index contributed by atoms with van der Waals surface area (Å²) in [7, 11) is 0.560. The first-order valence-electron chi connectivity index (χ1n) is 11.5. The van der Waals surface area contributed by atoms with Gasteiger partial charge in [0.2, 0.25) is 0 Å². The lowest BCUT2D eigenvalue weighted by atomic mass is 10.1. The summed E-state index contributed by atoms with van der Waals surface area (Å²) < 4.78 is 20.0. The molecule has 0 spiro atoms. The number of benzene rings is 1. The fourth-order valence-electron chi connectivity index (χ4n) is 3.33. The SMILES string of the molecule is C[C@@H](Oc1nnc(-c2cnn(COCC[Si](C)(C)C)c(=O)c2)n1C)c1cc(-c2cccc(Cl)c2)on1. The second-order valence-corrected chi connectivity index (χ2v) is 15.7. The Morgan fingerprint density at radius 2 is 1.94 bits per heavy atom. The normalized spacial score (nSPS) is 12.6. The topological polar surface area (TPSA) is 110 Å². The van der Waals surface area contributed by atoms with E-state index in [1.165, 1.54) is 10.7 Å². The van der Waals surface area contributed by atoms with Crippen molar-refractivity contribution in [1.82, 2.24) is 29.7 Å². The first kappa shape index (κ1) is 25.8. The molecule has 0 aliphatic heterocycles. The van der Waals surface area contributed by atoms with Gasteiger partial charge in [0.1, 0.15) is 18.5 Å². The average Bonchev–Trinajstić information content (AvgIpc) is 3.45. The third-order valence-corrected chi connectivity index (χ3v) is 7.45. The van der Waals surface area contributed by atoms with Crippen molar-refractivity contribution in [2.75, 3.05) is 6.61 Å². The molecule has 0 radical (unpaired) electrons. The van der Waals surface area contributed by atoms with Crippen LogP contribution < -0.4 is 10.3 Å². The molecule has 0 amide bonds. The molecule has 0 aliphatic carbocycles. The van der Waals surface area contributed by atoms with Gasteiger partial charge in [-0.3, -0.25) is 9.36 Å². The molecule has 36 heavy (non-hydrogen) atoms. The van der Waals surface area contributed by atoms with Crippen molar-refractivity contribution in [1.29, 1.82) is 0 Å². The smallest absolute Gasteiger partial charge is 0.317 e. The van der Waals surface area contributed by atoms with Gasteiger partial charge in [-0.1, -0.05) is 53.6 Å². The van der Waals surface area contributed by atoms with Gasteiger partial charge in [-0.05, 0) is 25.1 Å². The standard InChI is InChI=1S/C24H29ClN6O4Si/c1-16(20-13-21(35-29-20)17-7-6-8-19(25)11-17)34-24-28-27-23(30(24)2)18-12-22(32)31(26-14-18)15-33-9-10-36(3,4)5/h6-8,11-14,16H,9-10,15H2,1-5H3/t16-/m1/s1. The maximum absolute atomic E-state index is 12.5. The number of rotatable bonds is 10. The summed E-state index contributed by atoms with van der Waals surface area (Å²) >= 11 is 6.07. The number of aromatic nitrogens is 6. The van der Waals surface area contributed by atoms with Crippen LogP contribution in [0.15, 0.2) is 51.9 Å². The molecule has 10 nitrogen and oxygen atoms in total. The van der Waals surface area contributed by atoms with Crippen LogP contribution in [0.4, 0.5) is 0 Å². The maximum Gasteiger partial charge on any atom is 0.317 e. The van der Waals surface area contributed by atoms with E-state index in [2.05, 4.69) is 40.1 Å². The molecule has 4 rings (SSSR count). The summed E-state index contributed by atoms with van der Waals surface area (Å²) in [6.45, 7) is 9.39. The predicted molar refractivity (Wildman–Crippen MR) is 139 cm³/mol. The van der Waals surface area contributed by atoms with Crippen LogP contribution >= 0.6 is 11.6 Å². The summed E-state index contributed by atoms with van der Waals surface area (Å²) in [5.41, 5.74) is 1.65. The van der Waals surface area contributed by atoms with Crippen molar-refractivity contribution < 1.29 is 14.0 Å². The van der Waals surface area contributed by atoms with Crippen LogP contribution in [0.5, 0.6) is 6.01 Å². The monoisotopic (exact) mass is 528 g/mol. The second kappa shape index (κ2) is 10.8. The van der Waals surface area contributed by atoms with E-state index in [0.717, 1.165) is 11.6 Å². The van der Waals surface area contributed by atoms with Crippen molar-refractivity contribution in [3.63, 3.8) is 0 Å². The molecular formula is C24H29ClN6O4Si. The number of ether oxygens (including phenoxy) is 2. The lowest BCUT2D eigenvalue weighted by molar-refractivity contribution is 0.0750. The Balaban J connectivity index is 1.42. The van der Waals surface area contributed by atoms with E-state index < -0.39 is 14.2 Å². The molecule has 0 bridgehead atoms. The Bertz CT molecular complexity index is 1390. The van der Waals surface area contributed by atoms with E-state index in [4.69, 9.17) is 25.6 Å². The van der Waals surface area contributed by atoms with Crippen LogP contribution in [0.25, 0.3) is 22.7 Å². The minimum atomic E-state index is -1.19. The molecule has 190 valence electrons. The molecule has 1 aromatic carbocycles. The van der Waals surface area contributed by atoms with Crippen LogP contribution in [-0.2, 0) is 18.5 Å². The van der Waals surface area contributed by atoms with Gasteiger partial charge in [-0.2, -0.15) is 5.10 Å². The lowest BCUT2D eigenvalue weighted by Crippen LogP contribution is -2.26. The minimum absolute atomic E-state index is 0.114. The van der Waals surface area contributed by atoms with Gasteiger partial charge < -0.3 is 14.0 Å². The summed E-state index contributed by atoms with van der Waals surface area (Å²) in [5, 5.41) is 17.3. The van der Waals surface area contributed by atoms with Crippen molar-refractivity contribution in [2.24, 2.45) is 7.05 Å². The Labute approximate surface area is 214 Å². The zero-order chi connectivity index (χ0) is 25.9. The first-order chi connectivity index (χ1) is 17.1. The van der Waals surface area contributed by atoms with E-state index in [1.54, 1.807) is 36.0 Å². The number of nitrogens with zero attached hydrogens (tertiary/aromatic N) is 6. The Morgan fingerprint density at radius 3 is 2.67 bits per heavy atom. The maximum atomic E-state index is 12.5. The summed E-state index contributed by atoms with van der Waals surface area (Å²) in [6.07, 6.45) is 1.10. The zero-order valence-corrected chi connectivity index (χ0v) is 22.7. The predicted octanol–water partition coefficient (Wildman–Crippen LogP) is 4.80. The molecule has 0 fully saturated rings. The largest absolute Gasteiger partial charge is 0.454 e. The highest BCUT2D eigenvalue weighted by Crippen LogP contribution is 2.28. The van der Waals surface area contributed by atoms with Crippen LogP contribution in [0.3, 0.4) is 0 Å². The Morgan fingerprint density at radius 1 is 1.14 bits per heavy atom.